The number of furan rings is 1. The standard InChI is InChI=1S/C30H23BrN4O3/c1-37-23-14-12-21(13-15-23)29-24(19-34(33-29)22-10-6-3-7-11-22)26-18-25(20-8-4-2-5-9-20)32-35(26)30(36)27-16-17-28(31)38-27/h2-17,19,26H,18H2,1H3. The topological polar surface area (TPSA) is 72.9 Å². The predicted octanol–water partition coefficient (Wildman–Crippen LogP) is 6.89. The van der Waals surface area contributed by atoms with Crippen molar-refractivity contribution in [2.24, 2.45) is 5.10 Å². The molecule has 0 saturated carbocycles. The molecule has 1 amide bonds. The number of rotatable bonds is 6. The number of carbonyl (C=O) groups excluding carboxylic acids is 1. The van der Waals surface area contributed by atoms with Crippen molar-refractivity contribution in [2.75, 3.05) is 7.11 Å². The Bertz CT molecular complexity index is 1610. The first-order valence-electron chi connectivity index (χ1n) is 12.1. The lowest BCUT2D eigenvalue weighted by Gasteiger charge is -2.21. The molecule has 38 heavy (non-hydrogen) atoms. The minimum absolute atomic E-state index is 0.210. The van der Waals surface area contributed by atoms with Crippen molar-refractivity contribution in [1.82, 2.24) is 14.8 Å². The average molecular weight is 567 g/mol. The van der Waals surface area contributed by atoms with Crippen LogP contribution in [0.15, 0.2) is 117 Å². The number of para-hydroxylation sites is 1. The van der Waals surface area contributed by atoms with E-state index >= 15 is 0 Å². The molecular weight excluding hydrogens is 544 g/mol. The second-order valence-electron chi connectivity index (χ2n) is 8.83. The van der Waals surface area contributed by atoms with E-state index in [2.05, 4.69) is 15.9 Å². The zero-order valence-electron chi connectivity index (χ0n) is 20.5. The van der Waals surface area contributed by atoms with Gasteiger partial charge in [-0.3, -0.25) is 4.79 Å². The van der Waals surface area contributed by atoms with Crippen LogP contribution in [0, 0.1) is 0 Å². The zero-order valence-corrected chi connectivity index (χ0v) is 22.1. The monoisotopic (exact) mass is 566 g/mol. The number of hydrogen-bond donors (Lipinski definition) is 0. The van der Waals surface area contributed by atoms with Crippen LogP contribution in [0.4, 0.5) is 0 Å². The van der Waals surface area contributed by atoms with Crippen LogP contribution in [0.25, 0.3) is 16.9 Å². The predicted molar refractivity (Wildman–Crippen MR) is 148 cm³/mol. The van der Waals surface area contributed by atoms with Crippen LogP contribution in [0.5, 0.6) is 5.75 Å². The molecule has 1 aliphatic heterocycles. The van der Waals surface area contributed by atoms with Crippen LogP contribution in [0.1, 0.15) is 34.1 Å². The fourth-order valence-electron chi connectivity index (χ4n) is 4.60. The fourth-order valence-corrected chi connectivity index (χ4v) is 4.91. The highest BCUT2D eigenvalue weighted by Gasteiger charge is 2.37. The first-order chi connectivity index (χ1) is 18.6. The SMILES string of the molecule is COc1ccc(-c2nn(-c3ccccc3)cc2C2CC(c3ccccc3)=NN2C(=O)c2ccc(Br)o2)cc1. The molecule has 0 aliphatic carbocycles. The molecule has 0 saturated heterocycles. The van der Waals surface area contributed by atoms with E-state index < -0.39 is 6.04 Å². The lowest BCUT2D eigenvalue weighted by molar-refractivity contribution is 0.0677. The van der Waals surface area contributed by atoms with Gasteiger partial charge in [0.05, 0.1) is 30.2 Å². The van der Waals surface area contributed by atoms with Gasteiger partial charge >= 0.3 is 5.91 Å². The molecular formula is C30H23BrN4O3. The Balaban J connectivity index is 1.48. The Kier molecular flexibility index (Phi) is 6.39. The Morgan fingerprint density at radius 1 is 0.921 bits per heavy atom. The van der Waals surface area contributed by atoms with Gasteiger partial charge in [0.25, 0.3) is 0 Å². The van der Waals surface area contributed by atoms with E-state index in [4.69, 9.17) is 19.4 Å². The van der Waals surface area contributed by atoms with Crippen molar-refractivity contribution >= 4 is 27.5 Å². The molecule has 1 unspecified atom stereocenters. The summed E-state index contributed by atoms with van der Waals surface area (Å²) in [4.78, 5) is 13.7. The van der Waals surface area contributed by atoms with Crippen molar-refractivity contribution in [1.29, 1.82) is 0 Å². The highest BCUT2D eigenvalue weighted by molar-refractivity contribution is 9.10. The van der Waals surface area contributed by atoms with Crippen molar-refractivity contribution in [2.45, 2.75) is 12.5 Å². The molecule has 0 spiro atoms. The Hall–Kier alpha value is -4.43. The van der Waals surface area contributed by atoms with E-state index in [1.807, 2.05) is 95.8 Å². The Morgan fingerprint density at radius 3 is 2.29 bits per heavy atom. The maximum Gasteiger partial charge on any atom is 0.310 e. The molecule has 0 bridgehead atoms. The summed E-state index contributed by atoms with van der Waals surface area (Å²) in [6.07, 6.45) is 2.52. The molecule has 188 valence electrons. The molecule has 7 nitrogen and oxygen atoms in total. The Labute approximate surface area is 228 Å². The minimum atomic E-state index is -0.392. The number of ether oxygens (including phenoxy) is 1. The van der Waals surface area contributed by atoms with Crippen LogP contribution in [0.3, 0.4) is 0 Å². The number of halogens is 1. The molecule has 3 heterocycles. The minimum Gasteiger partial charge on any atom is -0.497 e. The van der Waals surface area contributed by atoms with Gasteiger partial charge in [-0.15, -0.1) is 0 Å². The largest absolute Gasteiger partial charge is 0.497 e. The van der Waals surface area contributed by atoms with Crippen molar-refractivity contribution < 1.29 is 13.9 Å². The van der Waals surface area contributed by atoms with Crippen LogP contribution in [0.2, 0.25) is 0 Å². The number of methoxy groups -OCH3 is 1. The van der Waals surface area contributed by atoms with Gasteiger partial charge in [-0.2, -0.15) is 10.2 Å². The third-order valence-corrected chi connectivity index (χ3v) is 6.92. The average Bonchev–Trinajstić information content (AvgIpc) is 3.72. The molecule has 1 atom stereocenters. The van der Waals surface area contributed by atoms with E-state index in [-0.39, 0.29) is 11.7 Å². The van der Waals surface area contributed by atoms with Crippen molar-refractivity contribution in [3.05, 3.63) is 125 Å². The summed E-state index contributed by atoms with van der Waals surface area (Å²) in [5.41, 5.74) is 5.27. The van der Waals surface area contributed by atoms with E-state index in [0.29, 0.717) is 11.1 Å². The van der Waals surface area contributed by atoms with Crippen molar-refractivity contribution in [3.63, 3.8) is 0 Å². The molecule has 3 aromatic carbocycles. The second-order valence-corrected chi connectivity index (χ2v) is 9.61. The lowest BCUT2D eigenvalue weighted by Crippen LogP contribution is -2.27. The molecule has 6 rings (SSSR count). The third-order valence-electron chi connectivity index (χ3n) is 6.50. The number of amides is 1. The van der Waals surface area contributed by atoms with Crippen LogP contribution in [-0.2, 0) is 0 Å². The summed E-state index contributed by atoms with van der Waals surface area (Å²) >= 11 is 3.30. The van der Waals surface area contributed by atoms with Gasteiger partial charge in [0.1, 0.15) is 5.75 Å². The van der Waals surface area contributed by atoms with Crippen molar-refractivity contribution in [3.8, 4) is 22.7 Å². The zero-order chi connectivity index (χ0) is 26.1. The lowest BCUT2D eigenvalue weighted by atomic mass is 9.96. The smallest absolute Gasteiger partial charge is 0.310 e. The second kappa shape index (κ2) is 10.1. The molecule has 2 aromatic heterocycles. The molecule has 0 radical (unpaired) electrons. The van der Waals surface area contributed by atoms with E-state index in [0.717, 1.165) is 39.5 Å². The first-order valence-corrected chi connectivity index (χ1v) is 12.9. The van der Waals surface area contributed by atoms with Gasteiger partial charge < -0.3 is 9.15 Å². The fraction of sp³-hybridized carbons (Fsp3) is 0.100. The summed E-state index contributed by atoms with van der Waals surface area (Å²) in [5, 5.41) is 11.3. The number of benzene rings is 3. The summed E-state index contributed by atoms with van der Waals surface area (Å²) in [6, 6.07) is 30.6. The number of hydrogen-bond acceptors (Lipinski definition) is 5. The van der Waals surface area contributed by atoms with Gasteiger partial charge in [-0.1, -0.05) is 48.5 Å². The molecule has 0 N–H and O–H groups in total. The maximum atomic E-state index is 13.7. The molecule has 5 aromatic rings. The number of nitrogens with zero attached hydrogens (tertiary/aromatic N) is 4. The summed E-state index contributed by atoms with van der Waals surface area (Å²) < 4.78 is 13.3. The Morgan fingerprint density at radius 2 is 1.63 bits per heavy atom. The van der Waals surface area contributed by atoms with Crippen LogP contribution < -0.4 is 4.74 Å². The van der Waals surface area contributed by atoms with Crippen LogP contribution >= 0.6 is 15.9 Å². The van der Waals surface area contributed by atoms with E-state index in [1.165, 1.54) is 5.01 Å². The highest BCUT2D eigenvalue weighted by atomic mass is 79.9. The number of aromatic nitrogens is 2. The quantitative estimate of drug-likeness (QED) is 0.224. The normalized spacial score (nSPS) is 14.9. The first kappa shape index (κ1) is 23.9. The summed E-state index contributed by atoms with van der Waals surface area (Å²) in [5.74, 6) is 0.648. The van der Waals surface area contributed by atoms with E-state index in [1.54, 1.807) is 19.2 Å². The van der Waals surface area contributed by atoms with Gasteiger partial charge in [0.2, 0.25) is 0 Å². The van der Waals surface area contributed by atoms with Gasteiger partial charge in [0, 0.05) is 23.7 Å². The van der Waals surface area contributed by atoms with Gasteiger partial charge in [-0.05, 0) is 70.0 Å². The molecule has 1 aliphatic rings. The highest BCUT2D eigenvalue weighted by Crippen LogP contribution is 2.39. The van der Waals surface area contributed by atoms with Gasteiger partial charge in [0.15, 0.2) is 10.4 Å². The third kappa shape index (κ3) is 4.54. The summed E-state index contributed by atoms with van der Waals surface area (Å²) in [6.45, 7) is 0. The summed E-state index contributed by atoms with van der Waals surface area (Å²) in [7, 11) is 1.64. The number of hydrazone groups is 1. The number of carbonyl (C=O) groups is 1. The van der Waals surface area contributed by atoms with E-state index in [9.17, 15) is 4.79 Å². The van der Waals surface area contributed by atoms with Gasteiger partial charge in [-0.25, -0.2) is 9.69 Å². The molecule has 0 fully saturated rings. The van der Waals surface area contributed by atoms with Crippen LogP contribution in [-0.4, -0.2) is 33.5 Å². The molecule has 8 heteroatoms. The maximum absolute atomic E-state index is 13.7.